The Morgan fingerprint density at radius 2 is 1.88 bits per heavy atom. The van der Waals surface area contributed by atoms with Crippen LogP contribution in [0, 0.1) is 0 Å². The van der Waals surface area contributed by atoms with Crippen molar-refractivity contribution < 1.29 is 27.4 Å². The lowest BCUT2D eigenvalue weighted by Gasteiger charge is -2.26. The first kappa shape index (κ1) is 20.8. The van der Waals surface area contributed by atoms with Gasteiger partial charge in [-0.1, -0.05) is 12.1 Å². The number of benzene rings is 1. The number of nitrogens with zero attached hydrogens (tertiary/aromatic N) is 1. The quantitative estimate of drug-likeness (QED) is 0.570. The van der Waals surface area contributed by atoms with E-state index in [2.05, 4.69) is 5.32 Å². The van der Waals surface area contributed by atoms with Gasteiger partial charge in [0.15, 0.2) is 0 Å². The van der Waals surface area contributed by atoms with Crippen LogP contribution in [0.1, 0.15) is 5.56 Å². The molecule has 0 spiro atoms. The molecule has 1 fully saturated rings. The summed E-state index contributed by atoms with van der Waals surface area (Å²) in [5.41, 5.74) is 0.950. The van der Waals surface area contributed by atoms with E-state index in [-0.39, 0.29) is 17.4 Å². The number of morpholine rings is 1. The van der Waals surface area contributed by atoms with Crippen molar-refractivity contribution in [2.45, 2.75) is 11.3 Å². The molecule has 0 atom stereocenters. The number of methoxy groups -OCH3 is 1. The predicted molar refractivity (Wildman–Crippen MR) is 95.4 cm³/mol. The second-order valence-corrected chi connectivity index (χ2v) is 7.74. The molecule has 2 rings (SSSR count). The highest BCUT2D eigenvalue weighted by molar-refractivity contribution is 7.89. The number of ether oxygens (including phenoxy) is 3. The fraction of sp³-hybridized carbons (Fsp3) is 0.588. The van der Waals surface area contributed by atoms with E-state index < -0.39 is 10.0 Å². The summed E-state index contributed by atoms with van der Waals surface area (Å²) in [4.78, 5) is 11.9. The summed E-state index contributed by atoms with van der Waals surface area (Å²) in [5.74, 6) is -0.187. The van der Waals surface area contributed by atoms with Gasteiger partial charge in [0.05, 0.1) is 31.3 Å². The maximum absolute atomic E-state index is 12.5. The SMILES string of the molecule is COCCOCC(=O)NCCc1ccc(S(=O)(=O)N2CCOCC2)cc1. The third-order valence-corrected chi connectivity index (χ3v) is 5.84. The smallest absolute Gasteiger partial charge is 0.246 e. The molecule has 146 valence electrons. The Morgan fingerprint density at radius 1 is 1.19 bits per heavy atom. The van der Waals surface area contributed by atoms with Crippen LogP contribution < -0.4 is 5.32 Å². The molecular weight excluding hydrogens is 360 g/mol. The van der Waals surface area contributed by atoms with Gasteiger partial charge in [-0.25, -0.2) is 8.42 Å². The number of nitrogens with one attached hydrogen (secondary N) is 1. The van der Waals surface area contributed by atoms with Crippen molar-refractivity contribution in [1.82, 2.24) is 9.62 Å². The van der Waals surface area contributed by atoms with Crippen LogP contribution in [0.3, 0.4) is 0 Å². The average Bonchev–Trinajstić information content (AvgIpc) is 2.66. The second kappa shape index (κ2) is 10.6. The molecule has 1 heterocycles. The fourth-order valence-corrected chi connectivity index (χ4v) is 3.88. The van der Waals surface area contributed by atoms with Gasteiger partial charge in [0.25, 0.3) is 0 Å². The van der Waals surface area contributed by atoms with Gasteiger partial charge in [0.2, 0.25) is 15.9 Å². The lowest BCUT2D eigenvalue weighted by atomic mass is 10.1. The maximum atomic E-state index is 12.5. The van der Waals surface area contributed by atoms with Crippen molar-refractivity contribution in [3.63, 3.8) is 0 Å². The molecule has 1 N–H and O–H groups in total. The normalized spacial score (nSPS) is 15.7. The number of sulfonamides is 1. The van der Waals surface area contributed by atoms with Gasteiger partial charge in [0, 0.05) is 26.7 Å². The Labute approximate surface area is 154 Å². The lowest BCUT2D eigenvalue weighted by Crippen LogP contribution is -2.40. The molecule has 0 unspecified atom stereocenters. The highest BCUT2D eigenvalue weighted by Crippen LogP contribution is 2.17. The van der Waals surface area contributed by atoms with E-state index in [9.17, 15) is 13.2 Å². The number of carbonyl (C=O) groups is 1. The van der Waals surface area contributed by atoms with Gasteiger partial charge in [-0.2, -0.15) is 4.31 Å². The fourth-order valence-electron chi connectivity index (χ4n) is 2.47. The third kappa shape index (κ3) is 6.33. The molecule has 0 saturated carbocycles. The van der Waals surface area contributed by atoms with Crippen LogP contribution in [-0.2, 0) is 35.4 Å². The zero-order chi connectivity index (χ0) is 18.8. The van der Waals surface area contributed by atoms with Crippen LogP contribution in [0.25, 0.3) is 0 Å². The molecule has 1 aromatic carbocycles. The van der Waals surface area contributed by atoms with Crippen molar-refractivity contribution in [2.75, 3.05) is 59.8 Å². The predicted octanol–water partition coefficient (Wildman–Crippen LogP) is 0.0292. The third-order valence-electron chi connectivity index (χ3n) is 3.93. The number of hydrogen-bond donors (Lipinski definition) is 1. The van der Waals surface area contributed by atoms with Crippen LogP contribution >= 0.6 is 0 Å². The molecule has 1 aliphatic heterocycles. The summed E-state index contributed by atoms with van der Waals surface area (Å²) in [7, 11) is -1.90. The number of rotatable bonds is 10. The molecular formula is C17H26N2O6S. The zero-order valence-corrected chi connectivity index (χ0v) is 15.8. The highest BCUT2D eigenvalue weighted by atomic mass is 32.2. The topological polar surface area (TPSA) is 94.2 Å². The van der Waals surface area contributed by atoms with Crippen molar-refractivity contribution in [2.24, 2.45) is 0 Å². The Hall–Kier alpha value is -1.52. The van der Waals surface area contributed by atoms with Gasteiger partial charge in [-0.15, -0.1) is 0 Å². The van der Waals surface area contributed by atoms with Crippen molar-refractivity contribution in [3.05, 3.63) is 29.8 Å². The van der Waals surface area contributed by atoms with Crippen LogP contribution in [0.5, 0.6) is 0 Å². The minimum absolute atomic E-state index is 0.0000897. The molecule has 8 nitrogen and oxygen atoms in total. The first-order valence-corrected chi connectivity index (χ1v) is 9.98. The monoisotopic (exact) mass is 386 g/mol. The Morgan fingerprint density at radius 3 is 2.54 bits per heavy atom. The molecule has 0 aliphatic carbocycles. The molecule has 26 heavy (non-hydrogen) atoms. The van der Waals surface area contributed by atoms with E-state index in [1.54, 1.807) is 31.4 Å². The molecule has 0 aromatic heterocycles. The lowest BCUT2D eigenvalue weighted by molar-refractivity contribution is -0.126. The van der Waals surface area contributed by atoms with Crippen LogP contribution in [0.15, 0.2) is 29.2 Å². The Bertz CT molecular complexity index is 656. The van der Waals surface area contributed by atoms with Crippen molar-refractivity contribution >= 4 is 15.9 Å². The molecule has 1 amide bonds. The van der Waals surface area contributed by atoms with E-state index in [0.717, 1.165) is 5.56 Å². The highest BCUT2D eigenvalue weighted by Gasteiger charge is 2.25. The first-order chi connectivity index (χ1) is 12.5. The minimum atomic E-state index is -3.47. The molecule has 0 radical (unpaired) electrons. The Balaban J connectivity index is 1.77. The van der Waals surface area contributed by atoms with E-state index in [1.165, 1.54) is 4.31 Å². The summed E-state index contributed by atoms with van der Waals surface area (Å²) >= 11 is 0. The van der Waals surface area contributed by atoms with E-state index in [1.807, 2.05) is 0 Å². The first-order valence-electron chi connectivity index (χ1n) is 8.54. The average molecular weight is 386 g/mol. The molecule has 0 bridgehead atoms. The van der Waals surface area contributed by atoms with Crippen molar-refractivity contribution in [3.8, 4) is 0 Å². The summed E-state index contributed by atoms with van der Waals surface area (Å²) in [6.07, 6.45) is 0.613. The van der Waals surface area contributed by atoms with Crippen molar-refractivity contribution in [1.29, 1.82) is 0 Å². The Kier molecular flexibility index (Phi) is 8.46. The number of hydrogen-bond acceptors (Lipinski definition) is 6. The standard InChI is InChI=1S/C17H26N2O6S/c1-23-12-13-25-14-17(20)18-7-6-15-2-4-16(5-3-15)26(21,22)19-8-10-24-11-9-19/h2-5H,6-14H2,1H3,(H,18,20). The minimum Gasteiger partial charge on any atom is -0.382 e. The van der Waals surface area contributed by atoms with Gasteiger partial charge in [-0.05, 0) is 24.1 Å². The van der Waals surface area contributed by atoms with Crippen LogP contribution in [0.4, 0.5) is 0 Å². The second-order valence-electron chi connectivity index (χ2n) is 5.81. The van der Waals surface area contributed by atoms with E-state index in [0.29, 0.717) is 52.5 Å². The molecule has 9 heteroatoms. The summed E-state index contributed by atoms with van der Waals surface area (Å²) in [5, 5.41) is 2.76. The van der Waals surface area contributed by atoms with Gasteiger partial charge in [-0.3, -0.25) is 4.79 Å². The molecule has 1 aliphatic rings. The maximum Gasteiger partial charge on any atom is 0.246 e. The zero-order valence-electron chi connectivity index (χ0n) is 15.0. The number of carbonyl (C=O) groups excluding carboxylic acids is 1. The van der Waals surface area contributed by atoms with Gasteiger partial charge in [0.1, 0.15) is 6.61 Å². The molecule has 1 saturated heterocycles. The summed E-state index contributed by atoms with van der Waals surface area (Å²) in [6.45, 7) is 2.89. The summed E-state index contributed by atoms with van der Waals surface area (Å²) in [6, 6.07) is 6.76. The van der Waals surface area contributed by atoms with E-state index in [4.69, 9.17) is 14.2 Å². The summed E-state index contributed by atoms with van der Waals surface area (Å²) < 4.78 is 41.7. The van der Waals surface area contributed by atoms with Gasteiger partial charge < -0.3 is 19.5 Å². The van der Waals surface area contributed by atoms with Crippen LogP contribution in [-0.4, -0.2) is 78.4 Å². The van der Waals surface area contributed by atoms with E-state index >= 15 is 0 Å². The number of amides is 1. The largest absolute Gasteiger partial charge is 0.382 e. The van der Waals surface area contributed by atoms with Gasteiger partial charge >= 0.3 is 0 Å². The van der Waals surface area contributed by atoms with Crippen LogP contribution in [0.2, 0.25) is 0 Å². The molecule has 1 aromatic rings.